The Morgan fingerprint density at radius 1 is 1.40 bits per heavy atom. The molecule has 2 rings (SSSR count). The van der Waals surface area contributed by atoms with Crippen molar-refractivity contribution in [2.24, 2.45) is 0 Å². The summed E-state index contributed by atoms with van der Waals surface area (Å²) in [6, 6.07) is 7.68. The van der Waals surface area contributed by atoms with E-state index < -0.39 is 5.97 Å². The fourth-order valence-corrected chi connectivity index (χ4v) is 1.70. The van der Waals surface area contributed by atoms with Crippen LogP contribution in [0.15, 0.2) is 28.8 Å². The lowest BCUT2D eigenvalue weighted by molar-refractivity contribution is -0.137. The van der Waals surface area contributed by atoms with E-state index in [9.17, 15) is 4.79 Å². The van der Waals surface area contributed by atoms with Crippen molar-refractivity contribution < 1.29 is 19.2 Å². The van der Waals surface area contributed by atoms with Crippen LogP contribution < -0.4 is 4.74 Å². The molecule has 0 fully saturated rings. The van der Waals surface area contributed by atoms with Gasteiger partial charge in [0.2, 0.25) is 11.7 Å². The quantitative estimate of drug-likeness (QED) is 0.835. The molecule has 1 N–H and O–H groups in total. The molecule has 0 aliphatic heterocycles. The van der Waals surface area contributed by atoms with E-state index in [0.717, 1.165) is 11.3 Å². The van der Waals surface area contributed by atoms with Gasteiger partial charge in [0, 0.05) is 12.8 Å². The van der Waals surface area contributed by atoms with Crippen LogP contribution in [0, 0.1) is 6.92 Å². The molecule has 0 amide bonds. The molecule has 0 aliphatic rings. The monoisotopic (exact) mass is 276 g/mol. The van der Waals surface area contributed by atoms with Crippen LogP contribution in [-0.2, 0) is 17.8 Å². The van der Waals surface area contributed by atoms with Crippen molar-refractivity contribution in [1.29, 1.82) is 0 Å². The predicted octanol–water partition coefficient (Wildman–Crippen LogP) is 2.36. The van der Waals surface area contributed by atoms with Gasteiger partial charge in [-0.05, 0) is 25.0 Å². The number of hydrogen-bond donors (Lipinski definition) is 1. The molecule has 0 unspecified atom stereocenters. The van der Waals surface area contributed by atoms with Crippen molar-refractivity contribution >= 4 is 5.97 Å². The Morgan fingerprint density at radius 3 is 2.95 bits per heavy atom. The molecule has 0 saturated carbocycles. The molecule has 0 atom stereocenters. The minimum Gasteiger partial charge on any atom is -0.485 e. The van der Waals surface area contributed by atoms with Crippen LogP contribution in [0.4, 0.5) is 0 Å². The Bertz CT molecular complexity index is 580. The maximum Gasteiger partial charge on any atom is 0.303 e. The van der Waals surface area contributed by atoms with E-state index in [-0.39, 0.29) is 13.0 Å². The summed E-state index contributed by atoms with van der Waals surface area (Å²) in [5.74, 6) is 0.852. The number of aliphatic carboxylic acids is 1. The molecule has 1 aromatic carbocycles. The fourth-order valence-electron chi connectivity index (χ4n) is 1.70. The fraction of sp³-hybridized carbons (Fsp3) is 0.357. The molecule has 2 aromatic rings. The van der Waals surface area contributed by atoms with E-state index in [4.69, 9.17) is 14.4 Å². The average molecular weight is 276 g/mol. The minimum absolute atomic E-state index is 0.0947. The van der Waals surface area contributed by atoms with Crippen LogP contribution in [0.25, 0.3) is 0 Å². The Kier molecular flexibility index (Phi) is 4.70. The van der Waals surface area contributed by atoms with Crippen molar-refractivity contribution in [2.75, 3.05) is 0 Å². The number of para-hydroxylation sites is 1. The van der Waals surface area contributed by atoms with Gasteiger partial charge < -0.3 is 14.4 Å². The van der Waals surface area contributed by atoms with Gasteiger partial charge in [-0.2, -0.15) is 4.98 Å². The highest BCUT2D eigenvalue weighted by atomic mass is 16.5. The number of carboxylic acids is 1. The highest BCUT2D eigenvalue weighted by Gasteiger charge is 2.08. The van der Waals surface area contributed by atoms with Crippen LogP contribution in [-0.4, -0.2) is 21.2 Å². The molecule has 1 heterocycles. The number of benzene rings is 1. The Balaban J connectivity index is 1.84. The van der Waals surface area contributed by atoms with Crippen molar-refractivity contribution in [3.8, 4) is 5.75 Å². The molecule has 0 saturated heterocycles. The number of nitrogens with zero attached hydrogens (tertiary/aromatic N) is 2. The largest absolute Gasteiger partial charge is 0.485 e. The van der Waals surface area contributed by atoms with Crippen molar-refractivity contribution in [3.63, 3.8) is 0 Å². The van der Waals surface area contributed by atoms with Crippen molar-refractivity contribution in [1.82, 2.24) is 10.1 Å². The van der Waals surface area contributed by atoms with Gasteiger partial charge in [0.15, 0.2) is 6.61 Å². The van der Waals surface area contributed by atoms with E-state index in [0.29, 0.717) is 24.6 Å². The molecule has 1 aromatic heterocycles. The van der Waals surface area contributed by atoms with Gasteiger partial charge in [-0.1, -0.05) is 23.4 Å². The number of rotatable bonds is 7. The van der Waals surface area contributed by atoms with Gasteiger partial charge in [-0.3, -0.25) is 4.79 Å². The smallest absolute Gasteiger partial charge is 0.303 e. The topological polar surface area (TPSA) is 85.5 Å². The second kappa shape index (κ2) is 6.70. The number of aromatic nitrogens is 2. The molecule has 0 spiro atoms. The summed E-state index contributed by atoms with van der Waals surface area (Å²) < 4.78 is 10.6. The lowest BCUT2D eigenvalue weighted by atomic mass is 10.2. The van der Waals surface area contributed by atoms with Gasteiger partial charge in [-0.25, -0.2) is 0 Å². The molecule has 6 nitrogen and oxygen atoms in total. The molecular formula is C14H16N2O4. The molecule has 106 valence electrons. The van der Waals surface area contributed by atoms with Gasteiger partial charge >= 0.3 is 5.97 Å². The molecule has 0 radical (unpaired) electrons. The van der Waals surface area contributed by atoms with Crippen LogP contribution >= 0.6 is 0 Å². The van der Waals surface area contributed by atoms with Crippen LogP contribution in [0.2, 0.25) is 0 Å². The predicted molar refractivity (Wildman–Crippen MR) is 70.4 cm³/mol. The molecule has 0 aliphatic carbocycles. The van der Waals surface area contributed by atoms with Crippen molar-refractivity contribution in [3.05, 3.63) is 41.5 Å². The zero-order valence-electron chi connectivity index (χ0n) is 11.2. The number of carboxylic acid groups (broad SMARTS) is 1. The summed E-state index contributed by atoms with van der Waals surface area (Å²) in [6.07, 6.45) is 1.04. The van der Waals surface area contributed by atoms with Crippen molar-refractivity contribution in [2.45, 2.75) is 32.8 Å². The van der Waals surface area contributed by atoms with Gasteiger partial charge in [0.1, 0.15) is 5.75 Å². The standard InChI is InChI=1S/C14H16N2O4/c1-10-5-2-3-6-11(10)19-9-12-15-13(20-16-12)7-4-8-14(17)18/h2-3,5-6H,4,7-9H2,1H3,(H,17,18). The Hall–Kier alpha value is -2.37. The van der Waals surface area contributed by atoms with Crippen LogP contribution in [0.1, 0.15) is 30.1 Å². The highest BCUT2D eigenvalue weighted by molar-refractivity contribution is 5.66. The maximum absolute atomic E-state index is 10.4. The highest BCUT2D eigenvalue weighted by Crippen LogP contribution is 2.17. The zero-order valence-corrected chi connectivity index (χ0v) is 11.2. The Labute approximate surface area is 116 Å². The van der Waals surface area contributed by atoms with Crippen LogP contribution in [0.3, 0.4) is 0 Å². The number of hydrogen-bond acceptors (Lipinski definition) is 5. The summed E-state index contributed by atoms with van der Waals surface area (Å²) in [7, 11) is 0. The molecule has 0 bridgehead atoms. The van der Waals surface area contributed by atoms with E-state index >= 15 is 0 Å². The zero-order chi connectivity index (χ0) is 14.4. The second-order valence-electron chi connectivity index (χ2n) is 4.41. The third-order valence-corrected chi connectivity index (χ3v) is 2.74. The normalized spacial score (nSPS) is 10.4. The van der Waals surface area contributed by atoms with Gasteiger partial charge in [0.05, 0.1) is 0 Å². The first-order chi connectivity index (χ1) is 9.65. The summed E-state index contributed by atoms with van der Waals surface area (Å²) in [5.41, 5.74) is 1.04. The SMILES string of the molecule is Cc1ccccc1OCc1noc(CCCC(=O)O)n1. The summed E-state index contributed by atoms with van der Waals surface area (Å²) in [5, 5.41) is 12.3. The van der Waals surface area contributed by atoms with Gasteiger partial charge in [0.25, 0.3) is 0 Å². The summed E-state index contributed by atoms with van der Waals surface area (Å²) in [4.78, 5) is 14.6. The van der Waals surface area contributed by atoms with E-state index in [1.54, 1.807) is 0 Å². The lowest BCUT2D eigenvalue weighted by Crippen LogP contribution is -1.99. The Morgan fingerprint density at radius 2 is 2.20 bits per heavy atom. The van der Waals surface area contributed by atoms with E-state index in [1.165, 1.54) is 0 Å². The first kappa shape index (κ1) is 14.0. The number of ether oxygens (including phenoxy) is 1. The first-order valence-electron chi connectivity index (χ1n) is 6.37. The lowest BCUT2D eigenvalue weighted by Gasteiger charge is -2.05. The van der Waals surface area contributed by atoms with E-state index in [1.807, 2.05) is 31.2 Å². The summed E-state index contributed by atoms with van der Waals surface area (Å²) >= 11 is 0. The molecular weight excluding hydrogens is 260 g/mol. The second-order valence-corrected chi connectivity index (χ2v) is 4.41. The maximum atomic E-state index is 10.4. The van der Waals surface area contributed by atoms with E-state index in [2.05, 4.69) is 10.1 Å². The van der Waals surface area contributed by atoms with Crippen LogP contribution in [0.5, 0.6) is 5.75 Å². The number of aryl methyl sites for hydroxylation is 2. The minimum atomic E-state index is -0.826. The first-order valence-corrected chi connectivity index (χ1v) is 6.37. The average Bonchev–Trinajstić information content (AvgIpc) is 2.85. The third-order valence-electron chi connectivity index (χ3n) is 2.74. The van der Waals surface area contributed by atoms with Gasteiger partial charge in [-0.15, -0.1) is 0 Å². The number of carbonyl (C=O) groups is 1. The molecule has 20 heavy (non-hydrogen) atoms. The molecule has 6 heteroatoms. The third kappa shape index (κ3) is 4.08. The summed E-state index contributed by atoms with van der Waals surface area (Å²) in [6.45, 7) is 2.19.